The van der Waals surface area contributed by atoms with Crippen LogP contribution in [-0.4, -0.2) is 21.0 Å². The fraction of sp³-hybridized carbons (Fsp3) is 0.105. The summed E-state index contributed by atoms with van der Waals surface area (Å²) in [6.07, 6.45) is 0. The average molecular weight is 367 g/mol. The van der Waals surface area contributed by atoms with Crippen LogP contribution in [0.3, 0.4) is 0 Å². The van der Waals surface area contributed by atoms with Crippen LogP contribution < -0.4 is 5.32 Å². The molecule has 0 aliphatic rings. The molecule has 0 unspecified atom stereocenters. The molecule has 1 atom stereocenters. The van der Waals surface area contributed by atoms with E-state index < -0.39 is 0 Å². The third-order valence-electron chi connectivity index (χ3n) is 4.02. The minimum Gasteiger partial charge on any atom is -0.355 e. The van der Waals surface area contributed by atoms with E-state index in [0.29, 0.717) is 16.6 Å². The van der Waals surface area contributed by atoms with Crippen molar-refractivity contribution < 1.29 is 9.32 Å². The molecule has 2 heterocycles. The van der Waals surface area contributed by atoms with Crippen molar-refractivity contribution in [2.45, 2.75) is 13.0 Å². The Morgan fingerprint density at radius 3 is 2.85 bits per heavy atom. The van der Waals surface area contributed by atoms with Crippen LogP contribution in [0.4, 0.5) is 0 Å². The molecule has 4 aromatic rings. The predicted molar refractivity (Wildman–Crippen MR) is 98.9 cm³/mol. The number of carbonyl (C=O) groups is 1. The standard InChI is InChI=1S/C19H15ClN4O2/c1-11(18-22-14-7-2-3-8-15(14)23-18)21-19(25)16-10-17(26-24-16)12-5-4-6-13(20)9-12/h2-11H,1H3,(H,21,25)(H,22,23)/t11-/m1/s1. The van der Waals surface area contributed by atoms with Gasteiger partial charge in [0.15, 0.2) is 11.5 Å². The topological polar surface area (TPSA) is 83.8 Å². The molecule has 0 aliphatic carbocycles. The molecule has 0 spiro atoms. The van der Waals surface area contributed by atoms with Gasteiger partial charge in [0.05, 0.1) is 17.1 Å². The highest BCUT2D eigenvalue weighted by Gasteiger charge is 2.18. The van der Waals surface area contributed by atoms with Crippen LogP contribution in [0.25, 0.3) is 22.4 Å². The van der Waals surface area contributed by atoms with Crippen LogP contribution in [0.2, 0.25) is 5.02 Å². The predicted octanol–water partition coefficient (Wildman–Crippen LogP) is 4.36. The Hall–Kier alpha value is -3.12. The van der Waals surface area contributed by atoms with Crippen molar-refractivity contribution in [3.8, 4) is 11.3 Å². The van der Waals surface area contributed by atoms with E-state index in [0.717, 1.165) is 16.6 Å². The molecular weight excluding hydrogens is 352 g/mol. The third kappa shape index (κ3) is 3.19. The number of benzene rings is 2. The van der Waals surface area contributed by atoms with Gasteiger partial charge in [0, 0.05) is 16.7 Å². The number of para-hydroxylation sites is 2. The van der Waals surface area contributed by atoms with Gasteiger partial charge in [-0.2, -0.15) is 0 Å². The Morgan fingerprint density at radius 2 is 2.04 bits per heavy atom. The number of nitrogens with zero attached hydrogens (tertiary/aromatic N) is 2. The van der Waals surface area contributed by atoms with Gasteiger partial charge in [-0.25, -0.2) is 4.98 Å². The van der Waals surface area contributed by atoms with E-state index in [4.69, 9.17) is 16.1 Å². The van der Waals surface area contributed by atoms with Crippen LogP contribution in [0.1, 0.15) is 29.3 Å². The maximum atomic E-state index is 12.5. The molecule has 0 saturated carbocycles. The van der Waals surface area contributed by atoms with Crippen molar-refractivity contribution >= 4 is 28.5 Å². The van der Waals surface area contributed by atoms with Gasteiger partial charge in [-0.05, 0) is 31.2 Å². The monoisotopic (exact) mass is 366 g/mol. The Bertz CT molecular complexity index is 1050. The number of hydrogen-bond acceptors (Lipinski definition) is 4. The van der Waals surface area contributed by atoms with Gasteiger partial charge in [0.2, 0.25) is 0 Å². The number of hydrogen-bond donors (Lipinski definition) is 2. The van der Waals surface area contributed by atoms with Crippen LogP contribution in [0, 0.1) is 0 Å². The highest BCUT2D eigenvalue weighted by Crippen LogP contribution is 2.23. The molecule has 6 nitrogen and oxygen atoms in total. The zero-order chi connectivity index (χ0) is 18.1. The van der Waals surface area contributed by atoms with E-state index in [1.807, 2.05) is 43.3 Å². The lowest BCUT2D eigenvalue weighted by Crippen LogP contribution is -2.27. The lowest BCUT2D eigenvalue weighted by molar-refractivity contribution is 0.0929. The van der Waals surface area contributed by atoms with Crippen LogP contribution in [-0.2, 0) is 0 Å². The minimum absolute atomic E-state index is 0.197. The molecule has 2 aromatic carbocycles. The van der Waals surface area contributed by atoms with Crippen LogP contribution >= 0.6 is 11.6 Å². The molecule has 4 rings (SSSR count). The smallest absolute Gasteiger partial charge is 0.274 e. The van der Waals surface area contributed by atoms with Crippen molar-refractivity contribution in [3.63, 3.8) is 0 Å². The van der Waals surface area contributed by atoms with Crippen LogP contribution in [0.5, 0.6) is 0 Å². The summed E-state index contributed by atoms with van der Waals surface area (Å²) < 4.78 is 5.27. The van der Waals surface area contributed by atoms with Crippen molar-refractivity contribution in [2.24, 2.45) is 0 Å². The first-order valence-electron chi connectivity index (χ1n) is 8.08. The van der Waals surface area contributed by atoms with E-state index in [-0.39, 0.29) is 17.6 Å². The number of aromatic amines is 1. The van der Waals surface area contributed by atoms with E-state index >= 15 is 0 Å². The highest BCUT2D eigenvalue weighted by molar-refractivity contribution is 6.30. The molecule has 7 heteroatoms. The molecule has 0 saturated heterocycles. The number of rotatable bonds is 4. The number of H-pyrrole nitrogens is 1. The average Bonchev–Trinajstić information content (AvgIpc) is 3.29. The Labute approximate surface area is 154 Å². The number of fused-ring (bicyclic) bond motifs is 1. The maximum absolute atomic E-state index is 12.5. The first-order valence-corrected chi connectivity index (χ1v) is 8.46. The molecule has 0 bridgehead atoms. The molecule has 0 radical (unpaired) electrons. The second-order valence-corrected chi connectivity index (χ2v) is 6.36. The van der Waals surface area contributed by atoms with Crippen LogP contribution in [0.15, 0.2) is 59.1 Å². The highest BCUT2D eigenvalue weighted by atomic mass is 35.5. The normalized spacial score (nSPS) is 12.2. The number of imidazole rings is 1. The second-order valence-electron chi connectivity index (χ2n) is 5.92. The van der Waals surface area contributed by atoms with E-state index in [1.165, 1.54) is 0 Å². The molecule has 2 aromatic heterocycles. The summed E-state index contributed by atoms with van der Waals surface area (Å²) in [6.45, 7) is 1.85. The van der Waals surface area contributed by atoms with Crippen molar-refractivity contribution in [2.75, 3.05) is 0 Å². The lowest BCUT2D eigenvalue weighted by Gasteiger charge is -2.09. The maximum Gasteiger partial charge on any atom is 0.274 e. The Morgan fingerprint density at radius 1 is 1.19 bits per heavy atom. The fourth-order valence-electron chi connectivity index (χ4n) is 2.68. The number of carbonyl (C=O) groups excluding carboxylic acids is 1. The summed E-state index contributed by atoms with van der Waals surface area (Å²) in [4.78, 5) is 20.2. The van der Waals surface area contributed by atoms with E-state index in [1.54, 1.807) is 18.2 Å². The zero-order valence-corrected chi connectivity index (χ0v) is 14.6. The SMILES string of the molecule is C[C@@H](NC(=O)c1cc(-c2cccc(Cl)c2)on1)c1nc2ccccc2[nH]1. The van der Waals surface area contributed by atoms with Crippen molar-refractivity contribution in [3.05, 3.63) is 71.1 Å². The molecule has 1 amide bonds. The van der Waals surface area contributed by atoms with Gasteiger partial charge in [-0.15, -0.1) is 0 Å². The Balaban J connectivity index is 1.51. The first-order chi connectivity index (χ1) is 12.6. The van der Waals surface area contributed by atoms with Gasteiger partial charge >= 0.3 is 0 Å². The third-order valence-corrected chi connectivity index (χ3v) is 4.25. The first kappa shape index (κ1) is 16.4. The zero-order valence-electron chi connectivity index (χ0n) is 13.9. The summed E-state index contributed by atoms with van der Waals surface area (Å²) >= 11 is 5.98. The van der Waals surface area contributed by atoms with Crippen molar-refractivity contribution in [1.82, 2.24) is 20.4 Å². The van der Waals surface area contributed by atoms with E-state index in [2.05, 4.69) is 20.4 Å². The largest absolute Gasteiger partial charge is 0.355 e. The summed E-state index contributed by atoms with van der Waals surface area (Å²) in [6, 6.07) is 16.2. The molecule has 26 heavy (non-hydrogen) atoms. The molecule has 0 aliphatic heterocycles. The summed E-state index contributed by atoms with van der Waals surface area (Å²) in [7, 11) is 0. The molecule has 2 N–H and O–H groups in total. The molecular formula is C19H15ClN4O2. The fourth-order valence-corrected chi connectivity index (χ4v) is 2.87. The molecule has 130 valence electrons. The number of aromatic nitrogens is 3. The summed E-state index contributed by atoms with van der Waals surface area (Å²) in [5, 5.41) is 7.31. The lowest BCUT2D eigenvalue weighted by atomic mass is 10.1. The Kier molecular flexibility index (Phi) is 4.18. The number of amides is 1. The summed E-state index contributed by atoms with van der Waals surface area (Å²) in [5.74, 6) is 0.821. The quantitative estimate of drug-likeness (QED) is 0.562. The van der Waals surface area contributed by atoms with Crippen molar-refractivity contribution in [1.29, 1.82) is 0 Å². The van der Waals surface area contributed by atoms with Gasteiger partial charge in [-0.1, -0.05) is 41.0 Å². The van der Waals surface area contributed by atoms with Gasteiger partial charge in [0.25, 0.3) is 5.91 Å². The van der Waals surface area contributed by atoms with Gasteiger partial charge in [-0.3, -0.25) is 4.79 Å². The second kappa shape index (κ2) is 6.65. The molecule has 0 fully saturated rings. The summed E-state index contributed by atoms with van der Waals surface area (Å²) in [5.41, 5.74) is 2.74. The minimum atomic E-state index is -0.338. The number of halogens is 1. The van der Waals surface area contributed by atoms with Gasteiger partial charge < -0.3 is 14.8 Å². The number of nitrogens with one attached hydrogen (secondary N) is 2. The van der Waals surface area contributed by atoms with Gasteiger partial charge in [0.1, 0.15) is 5.82 Å². The van der Waals surface area contributed by atoms with E-state index in [9.17, 15) is 4.79 Å².